The second-order valence-electron chi connectivity index (χ2n) is 12.2. The zero-order chi connectivity index (χ0) is 37.0. The Balaban J connectivity index is 0.000000347. The predicted molar refractivity (Wildman–Crippen MR) is 203 cm³/mol. The van der Waals surface area contributed by atoms with E-state index in [1.807, 2.05) is 19.1 Å². The molecule has 0 aromatic heterocycles. The summed E-state index contributed by atoms with van der Waals surface area (Å²) in [6.07, 6.45) is 2.78. The Labute approximate surface area is 303 Å². The number of carbonyl (C=O) groups excluding carboxylic acids is 3. The summed E-state index contributed by atoms with van der Waals surface area (Å²) in [4.78, 5) is 37.1. The van der Waals surface area contributed by atoms with Crippen LogP contribution in [0.25, 0.3) is 0 Å². The highest BCUT2D eigenvalue weighted by atomic mass is 16.5. The number of ether oxygens (including phenoxy) is 4. The maximum atomic E-state index is 11.5. The molecule has 0 aliphatic rings. The highest BCUT2D eigenvalue weighted by molar-refractivity contribution is 5.74. The van der Waals surface area contributed by atoms with E-state index in [-0.39, 0.29) is 17.9 Å². The van der Waals surface area contributed by atoms with Gasteiger partial charge in [-0.25, -0.2) is 0 Å². The molecular formula is C42H52N2O7. The summed E-state index contributed by atoms with van der Waals surface area (Å²) in [6, 6.07) is 32.6. The van der Waals surface area contributed by atoms with Gasteiger partial charge in [-0.2, -0.15) is 0 Å². The summed E-state index contributed by atoms with van der Waals surface area (Å²) in [5, 5.41) is 0. The summed E-state index contributed by atoms with van der Waals surface area (Å²) < 4.78 is 21.0. The summed E-state index contributed by atoms with van der Waals surface area (Å²) in [6.45, 7) is 5.36. The van der Waals surface area contributed by atoms with Crippen molar-refractivity contribution in [3.05, 3.63) is 119 Å². The zero-order valence-corrected chi connectivity index (χ0v) is 30.8. The highest BCUT2D eigenvalue weighted by Gasteiger charge is 2.18. The minimum atomic E-state index is -0.201. The van der Waals surface area contributed by atoms with Crippen LogP contribution in [0.1, 0.15) is 72.5 Å². The van der Waals surface area contributed by atoms with Crippen molar-refractivity contribution in [3.8, 4) is 11.5 Å². The molecule has 0 atom stereocenters. The number of anilines is 2. The molecule has 9 heteroatoms. The number of carbonyl (C=O) groups is 3. The Morgan fingerprint density at radius 3 is 1.25 bits per heavy atom. The van der Waals surface area contributed by atoms with E-state index in [4.69, 9.17) is 18.9 Å². The summed E-state index contributed by atoms with van der Waals surface area (Å²) >= 11 is 0. The van der Waals surface area contributed by atoms with Crippen LogP contribution in [0.15, 0.2) is 97.1 Å². The van der Waals surface area contributed by atoms with E-state index in [9.17, 15) is 14.4 Å². The second kappa shape index (κ2) is 21.7. The van der Waals surface area contributed by atoms with Crippen LogP contribution >= 0.6 is 0 Å². The molecule has 0 heterocycles. The van der Waals surface area contributed by atoms with Crippen molar-refractivity contribution in [1.29, 1.82) is 0 Å². The molecule has 0 aliphatic carbocycles. The van der Waals surface area contributed by atoms with Gasteiger partial charge in [0.1, 0.15) is 17.8 Å². The molecule has 0 aliphatic heterocycles. The molecule has 0 unspecified atom stereocenters. The lowest BCUT2D eigenvalue weighted by atomic mass is 9.85. The van der Waals surface area contributed by atoms with Crippen LogP contribution in [0, 0.1) is 0 Å². The van der Waals surface area contributed by atoms with Gasteiger partial charge >= 0.3 is 11.9 Å². The number of esters is 2. The van der Waals surface area contributed by atoms with Gasteiger partial charge < -0.3 is 28.7 Å². The van der Waals surface area contributed by atoms with E-state index < -0.39 is 0 Å². The number of aldehydes is 1. The van der Waals surface area contributed by atoms with Crippen molar-refractivity contribution in [2.75, 3.05) is 64.4 Å². The van der Waals surface area contributed by atoms with Crippen molar-refractivity contribution < 1.29 is 33.3 Å². The van der Waals surface area contributed by atoms with Crippen LogP contribution in [0.3, 0.4) is 0 Å². The zero-order valence-electron chi connectivity index (χ0n) is 30.8. The molecule has 4 rings (SSSR count). The average Bonchev–Trinajstić information content (AvgIpc) is 3.14. The molecule has 9 nitrogen and oxygen atoms in total. The topological polar surface area (TPSA) is 94.6 Å². The number of hydrogen-bond acceptors (Lipinski definition) is 9. The van der Waals surface area contributed by atoms with Crippen molar-refractivity contribution in [2.45, 2.75) is 45.4 Å². The van der Waals surface area contributed by atoms with Crippen LogP contribution in [0.5, 0.6) is 11.5 Å². The first-order valence-corrected chi connectivity index (χ1v) is 17.4. The molecule has 4 aromatic rings. The first-order valence-electron chi connectivity index (χ1n) is 17.4. The molecule has 4 aromatic carbocycles. The maximum absolute atomic E-state index is 11.5. The van der Waals surface area contributed by atoms with Crippen molar-refractivity contribution in [2.24, 2.45) is 0 Å². The molecule has 0 fully saturated rings. The van der Waals surface area contributed by atoms with Crippen LogP contribution < -0.4 is 19.3 Å². The molecule has 0 N–H and O–H groups in total. The van der Waals surface area contributed by atoms with Gasteiger partial charge in [0, 0.05) is 63.9 Å². The fourth-order valence-corrected chi connectivity index (χ4v) is 5.19. The summed E-state index contributed by atoms with van der Waals surface area (Å²) in [5.41, 5.74) is 6.66. The third kappa shape index (κ3) is 13.8. The normalized spacial score (nSPS) is 10.4. The fraction of sp³-hybridized carbons (Fsp3) is 0.357. The second-order valence-corrected chi connectivity index (χ2v) is 12.2. The molecule has 0 saturated heterocycles. The largest absolute Gasteiger partial charge is 0.494 e. The molecule has 0 saturated carbocycles. The quantitative estimate of drug-likeness (QED) is 0.0445. The van der Waals surface area contributed by atoms with E-state index in [1.165, 1.54) is 28.1 Å². The monoisotopic (exact) mass is 696 g/mol. The molecule has 0 bridgehead atoms. The Morgan fingerprint density at radius 1 is 0.569 bits per heavy atom. The maximum Gasteiger partial charge on any atom is 0.305 e. The van der Waals surface area contributed by atoms with Gasteiger partial charge in [-0.15, -0.1) is 0 Å². The van der Waals surface area contributed by atoms with Gasteiger partial charge in [-0.3, -0.25) is 14.4 Å². The number of hydrogen-bond donors (Lipinski definition) is 0. The third-order valence-electron chi connectivity index (χ3n) is 7.91. The molecule has 272 valence electrons. The highest BCUT2D eigenvalue weighted by Crippen LogP contribution is 2.34. The van der Waals surface area contributed by atoms with Gasteiger partial charge in [-0.1, -0.05) is 36.4 Å². The number of nitrogens with zero attached hydrogens (tertiary/aromatic N) is 2. The van der Waals surface area contributed by atoms with Gasteiger partial charge in [0.2, 0.25) is 0 Å². The Hall–Kier alpha value is -5.31. The molecule has 0 amide bonds. The van der Waals surface area contributed by atoms with Crippen molar-refractivity contribution in [1.82, 2.24) is 0 Å². The van der Waals surface area contributed by atoms with E-state index in [2.05, 4.69) is 98.7 Å². The van der Waals surface area contributed by atoms with E-state index >= 15 is 0 Å². The first-order chi connectivity index (χ1) is 24.6. The van der Waals surface area contributed by atoms with Gasteiger partial charge in [0.25, 0.3) is 0 Å². The Bertz CT molecular complexity index is 1550. The Kier molecular flexibility index (Phi) is 17.1. The molecule has 0 spiro atoms. The smallest absolute Gasteiger partial charge is 0.305 e. The number of rotatable bonds is 18. The predicted octanol–water partition coefficient (Wildman–Crippen LogP) is 7.94. The lowest BCUT2D eigenvalue weighted by molar-refractivity contribution is -0.144. The van der Waals surface area contributed by atoms with Crippen LogP contribution in [-0.2, 0) is 19.1 Å². The van der Waals surface area contributed by atoms with Gasteiger partial charge in [0.15, 0.2) is 0 Å². The van der Waals surface area contributed by atoms with Crippen molar-refractivity contribution >= 4 is 29.6 Å². The molecule has 0 radical (unpaired) electrons. The summed E-state index contributed by atoms with van der Waals surface area (Å²) in [5.74, 6) is 1.24. The molecule has 51 heavy (non-hydrogen) atoms. The fourth-order valence-electron chi connectivity index (χ4n) is 5.19. The first kappa shape index (κ1) is 40.1. The van der Waals surface area contributed by atoms with E-state index in [0.29, 0.717) is 63.4 Å². The van der Waals surface area contributed by atoms with E-state index in [0.717, 1.165) is 12.0 Å². The lowest BCUT2D eigenvalue weighted by Gasteiger charge is -2.22. The SMILES string of the molecule is CCOC(=O)CCCOc1ccc(C(c2ccc(N(C)C)cc2)c2ccc(N(C)C)cc2)cc1.CCOC(=O)CCCOc1ccc(C=O)cc1. The minimum absolute atomic E-state index is 0.116. The van der Waals surface area contributed by atoms with Gasteiger partial charge in [0.05, 0.1) is 26.4 Å². The van der Waals surface area contributed by atoms with Crippen LogP contribution in [0.4, 0.5) is 11.4 Å². The van der Waals surface area contributed by atoms with Crippen LogP contribution in [-0.4, -0.2) is 72.8 Å². The van der Waals surface area contributed by atoms with E-state index in [1.54, 1.807) is 31.2 Å². The average molecular weight is 697 g/mol. The third-order valence-corrected chi connectivity index (χ3v) is 7.91. The summed E-state index contributed by atoms with van der Waals surface area (Å²) in [7, 11) is 8.21. The molecular weight excluding hydrogens is 644 g/mol. The Morgan fingerprint density at radius 2 is 0.922 bits per heavy atom. The number of benzene rings is 4. The lowest BCUT2D eigenvalue weighted by Crippen LogP contribution is -2.10. The van der Waals surface area contributed by atoms with Crippen molar-refractivity contribution in [3.63, 3.8) is 0 Å². The minimum Gasteiger partial charge on any atom is -0.494 e. The van der Waals surface area contributed by atoms with Gasteiger partial charge in [-0.05, 0) is 104 Å². The van der Waals surface area contributed by atoms with Crippen LogP contribution in [0.2, 0.25) is 0 Å². The standard InChI is InChI=1S/C29H36N2O3.C13H16O4/c1-6-33-28(32)8-7-21-34-27-19-13-24(14-20-27)29(22-9-15-25(16-10-22)30(2)3)23-11-17-26(18-12-23)31(4)5;1-2-16-13(15)4-3-9-17-12-7-5-11(10-14)6-8-12/h9-20,29H,6-8,21H2,1-5H3;5-8,10H,2-4,9H2,1H3.